The van der Waals surface area contributed by atoms with Gasteiger partial charge in [0.2, 0.25) is 0 Å². The topological polar surface area (TPSA) is 38.5 Å². The molecule has 0 aromatic rings. The number of hydrogen-bond donors (Lipinski definition) is 1. The van der Waals surface area contributed by atoms with Crippen LogP contribution in [-0.4, -0.2) is 42.8 Å². The Morgan fingerprint density at radius 1 is 1.42 bits per heavy atom. The number of morpholine rings is 1. The van der Waals surface area contributed by atoms with Gasteiger partial charge in [-0.2, -0.15) is 0 Å². The van der Waals surface area contributed by atoms with E-state index in [1.54, 1.807) is 0 Å². The lowest BCUT2D eigenvalue weighted by atomic mass is 10.2. The van der Waals surface area contributed by atoms with Gasteiger partial charge in [-0.05, 0) is 20.8 Å². The molecule has 1 fully saturated rings. The molecule has 1 aliphatic rings. The summed E-state index contributed by atoms with van der Waals surface area (Å²) in [6.07, 6.45) is 0.700. The molecule has 0 bridgehead atoms. The Kier molecular flexibility index (Phi) is 3.50. The molecule has 2 N–H and O–H groups in total. The standard InChI is InChI=1S/C9H20N2O/c1-7(4-10)11-5-8(2)12-9(3)6-11/h7-9H,4-6,10H2,1-3H3/t7-,8-,9+/m1/s1. The van der Waals surface area contributed by atoms with Crippen molar-refractivity contribution in [3.63, 3.8) is 0 Å². The van der Waals surface area contributed by atoms with E-state index in [0.717, 1.165) is 19.6 Å². The maximum absolute atomic E-state index is 5.63. The first-order valence-corrected chi connectivity index (χ1v) is 4.73. The van der Waals surface area contributed by atoms with Gasteiger partial charge in [-0.3, -0.25) is 4.90 Å². The van der Waals surface area contributed by atoms with E-state index in [1.807, 2.05) is 0 Å². The lowest BCUT2D eigenvalue weighted by Crippen LogP contribution is -2.51. The second kappa shape index (κ2) is 4.21. The maximum Gasteiger partial charge on any atom is 0.0678 e. The fourth-order valence-electron chi connectivity index (χ4n) is 1.73. The highest BCUT2D eigenvalue weighted by molar-refractivity contribution is 4.77. The first kappa shape index (κ1) is 9.96. The quantitative estimate of drug-likeness (QED) is 0.657. The Morgan fingerprint density at radius 3 is 2.33 bits per heavy atom. The van der Waals surface area contributed by atoms with Crippen LogP contribution in [0.1, 0.15) is 20.8 Å². The van der Waals surface area contributed by atoms with Gasteiger partial charge in [0.25, 0.3) is 0 Å². The van der Waals surface area contributed by atoms with Crippen molar-refractivity contribution in [3.8, 4) is 0 Å². The molecular formula is C9H20N2O. The molecule has 0 amide bonds. The molecule has 12 heavy (non-hydrogen) atoms. The van der Waals surface area contributed by atoms with Crippen LogP contribution in [0.2, 0.25) is 0 Å². The van der Waals surface area contributed by atoms with Crippen molar-refractivity contribution >= 4 is 0 Å². The van der Waals surface area contributed by atoms with E-state index >= 15 is 0 Å². The van der Waals surface area contributed by atoms with Gasteiger partial charge in [0.05, 0.1) is 12.2 Å². The van der Waals surface area contributed by atoms with E-state index in [2.05, 4.69) is 25.7 Å². The van der Waals surface area contributed by atoms with Gasteiger partial charge in [-0.25, -0.2) is 0 Å². The summed E-state index contributed by atoms with van der Waals surface area (Å²) < 4.78 is 5.63. The molecule has 1 rings (SSSR count). The SMILES string of the molecule is C[C@@H]1CN([C@H](C)CN)C[C@H](C)O1. The zero-order valence-corrected chi connectivity index (χ0v) is 8.29. The molecule has 1 heterocycles. The van der Waals surface area contributed by atoms with Gasteiger partial charge in [-0.1, -0.05) is 0 Å². The molecule has 0 saturated carbocycles. The number of ether oxygens (including phenoxy) is 1. The largest absolute Gasteiger partial charge is 0.373 e. The minimum absolute atomic E-state index is 0.350. The van der Waals surface area contributed by atoms with Crippen LogP contribution in [0.25, 0.3) is 0 Å². The summed E-state index contributed by atoms with van der Waals surface area (Å²) in [5, 5.41) is 0. The second-order valence-electron chi connectivity index (χ2n) is 3.80. The third kappa shape index (κ3) is 2.44. The van der Waals surface area contributed by atoms with Crippen molar-refractivity contribution in [2.75, 3.05) is 19.6 Å². The van der Waals surface area contributed by atoms with E-state index in [4.69, 9.17) is 10.5 Å². The number of nitrogens with zero attached hydrogens (tertiary/aromatic N) is 1. The van der Waals surface area contributed by atoms with E-state index in [1.165, 1.54) is 0 Å². The van der Waals surface area contributed by atoms with E-state index in [0.29, 0.717) is 18.2 Å². The van der Waals surface area contributed by atoms with E-state index in [9.17, 15) is 0 Å². The normalized spacial score (nSPS) is 35.0. The van der Waals surface area contributed by atoms with Crippen LogP contribution in [0, 0.1) is 0 Å². The van der Waals surface area contributed by atoms with Crippen molar-refractivity contribution < 1.29 is 4.74 Å². The van der Waals surface area contributed by atoms with Crippen LogP contribution in [0.5, 0.6) is 0 Å². The summed E-state index contributed by atoms with van der Waals surface area (Å²) in [6.45, 7) is 9.17. The molecular weight excluding hydrogens is 152 g/mol. The first-order chi connectivity index (χ1) is 5.63. The first-order valence-electron chi connectivity index (χ1n) is 4.73. The van der Waals surface area contributed by atoms with Crippen LogP contribution in [0.15, 0.2) is 0 Å². The van der Waals surface area contributed by atoms with Crippen LogP contribution in [-0.2, 0) is 4.74 Å². The van der Waals surface area contributed by atoms with E-state index in [-0.39, 0.29) is 0 Å². The lowest BCUT2D eigenvalue weighted by molar-refractivity contribution is -0.0773. The molecule has 72 valence electrons. The predicted octanol–water partition coefficient (Wildman–Crippen LogP) is 0.443. The molecule has 3 atom stereocenters. The highest BCUT2D eigenvalue weighted by atomic mass is 16.5. The average molecular weight is 172 g/mol. The molecule has 0 aromatic heterocycles. The zero-order chi connectivity index (χ0) is 9.14. The number of rotatable bonds is 2. The summed E-state index contributed by atoms with van der Waals surface area (Å²) in [7, 11) is 0. The monoisotopic (exact) mass is 172 g/mol. The molecule has 3 heteroatoms. The zero-order valence-electron chi connectivity index (χ0n) is 8.29. The van der Waals surface area contributed by atoms with Crippen molar-refractivity contribution in [1.82, 2.24) is 4.90 Å². The highest BCUT2D eigenvalue weighted by Gasteiger charge is 2.24. The number of hydrogen-bond acceptors (Lipinski definition) is 3. The van der Waals surface area contributed by atoms with Crippen LogP contribution in [0.4, 0.5) is 0 Å². The third-order valence-corrected chi connectivity index (χ3v) is 2.41. The predicted molar refractivity (Wildman–Crippen MR) is 50.1 cm³/mol. The lowest BCUT2D eigenvalue weighted by Gasteiger charge is -2.38. The summed E-state index contributed by atoms with van der Waals surface area (Å²) in [6, 6.07) is 0.485. The minimum Gasteiger partial charge on any atom is -0.373 e. The average Bonchev–Trinajstić information content (AvgIpc) is 2.01. The third-order valence-electron chi connectivity index (χ3n) is 2.41. The molecule has 3 nitrogen and oxygen atoms in total. The van der Waals surface area contributed by atoms with Gasteiger partial charge in [0.15, 0.2) is 0 Å². The van der Waals surface area contributed by atoms with Crippen LogP contribution >= 0.6 is 0 Å². The fourth-order valence-corrected chi connectivity index (χ4v) is 1.73. The van der Waals surface area contributed by atoms with Gasteiger partial charge >= 0.3 is 0 Å². The van der Waals surface area contributed by atoms with Crippen molar-refractivity contribution in [1.29, 1.82) is 0 Å². The molecule has 0 aliphatic carbocycles. The molecule has 1 saturated heterocycles. The van der Waals surface area contributed by atoms with Crippen LogP contribution in [0.3, 0.4) is 0 Å². The Labute approximate surface area is 74.9 Å². The van der Waals surface area contributed by atoms with Crippen molar-refractivity contribution in [2.24, 2.45) is 5.73 Å². The van der Waals surface area contributed by atoms with E-state index < -0.39 is 0 Å². The summed E-state index contributed by atoms with van der Waals surface area (Å²) in [5.74, 6) is 0. The van der Waals surface area contributed by atoms with Gasteiger partial charge in [0.1, 0.15) is 0 Å². The summed E-state index contributed by atoms with van der Waals surface area (Å²) in [4.78, 5) is 2.40. The van der Waals surface area contributed by atoms with Gasteiger partial charge < -0.3 is 10.5 Å². The summed E-state index contributed by atoms with van der Waals surface area (Å²) >= 11 is 0. The number of nitrogens with two attached hydrogens (primary N) is 1. The van der Waals surface area contributed by atoms with Crippen LogP contribution < -0.4 is 5.73 Å². The maximum atomic E-state index is 5.63. The summed E-state index contributed by atoms with van der Waals surface area (Å²) in [5.41, 5.74) is 5.61. The Bertz CT molecular complexity index is 130. The fraction of sp³-hybridized carbons (Fsp3) is 1.00. The Hall–Kier alpha value is -0.120. The van der Waals surface area contributed by atoms with Crippen molar-refractivity contribution in [3.05, 3.63) is 0 Å². The Morgan fingerprint density at radius 2 is 1.92 bits per heavy atom. The van der Waals surface area contributed by atoms with Gasteiger partial charge in [0, 0.05) is 25.7 Å². The Balaban J connectivity index is 2.43. The molecule has 0 spiro atoms. The molecule has 1 aliphatic heterocycles. The van der Waals surface area contributed by atoms with Crippen molar-refractivity contribution in [2.45, 2.75) is 39.0 Å². The molecule has 0 unspecified atom stereocenters. The molecule has 0 radical (unpaired) electrons. The highest BCUT2D eigenvalue weighted by Crippen LogP contribution is 2.12. The minimum atomic E-state index is 0.350. The van der Waals surface area contributed by atoms with Gasteiger partial charge in [-0.15, -0.1) is 0 Å². The molecule has 0 aromatic carbocycles. The second-order valence-corrected chi connectivity index (χ2v) is 3.80. The smallest absolute Gasteiger partial charge is 0.0678 e.